The van der Waals surface area contributed by atoms with Crippen molar-refractivity contribution in [3.05, 3.63) is 64.8 Å². The Morgan fingerprint density at radius 3 is 2.31 bits per heavy atom. The maximum Gasteiger partial charge on any atom is 0.490 e. The van der Waals surface area contributed by atoms with Gasteiger partial charge in [0.25, 0.3) is 0 Å². The van der Waals surface area contributed by atoms with Crippen molar-refractivity contribution in [3.63, 3.8) is 0 Å². The molecule has 5 nitrogen and oxygen atoms in total. The number of carbonyl (C=O) groups is 1. The highest BCUT2D eigenvalue weighted by Gasteiger charge is 2.52. The molecule has 1 aliphatic carbocycles. The van der Waals surface area contributed by atoms with Crippen LogP contribution in [0.4, 0.5) is 0 Å². The van der Waals surface area contributed by atoms with Crippen LogP contribution in [0.2, 0.25) is 0 Å². The molecule has 0 unspecified atom stereocenters. The minimum absolute atomic E-state index is 0.114. The number of nitrogens with zero attached hydrogens (tertiary/aromatic N) is 1. The SMILES string of the molecule is COc1ccc(CN2C(=O)CC=C3C=C(B4OC(C)(C)C(C)(C)O4)CC=C32)cc1. The molecule has 29 heavy (non-hydrogen) atoms. The van der Waals surface area contributed by atoms with Crippen molar-refractivity contribution in [1.29, 1.82) is 0 Å². The molecule has 152 valence electrons. The molecule has 1 amide bonds. The van der Waals surface area contributed by atoms with Crippen LogP contribution in [-0.4, -0.2) is 36.2 Å². The lowest BCUT2D eigenvalue weighted by atomic mass is 9.72. The van der Waals surface area contributed by atoms with E-state index in [1.807, 2.05) is 35.2 Å². The molecule has 1 aromatic rings. The van der Waals surface area contributed by atoms with Crippen molar-refractivity contribution < 1.29 is 18.8 Å². The lowest BCUT2D eigenvalue weighted by Gasteiger charge is -2.32. The number of ether oxygens (including phenoxy) is 1. The van der Waals surface area contributed by atoms with Crippen LogP contribution in [0.25, 0.3) is 0 Å². The maximum absolute atomic E-state index is 12.6. The molecule has 1 aromatic carbocycles. The lowest BCUT2D eigenvalue weighted by Crippen LogP contribution is -2.41. The van der Waals surface area contributed by atoms with Crippen LogP contribution in [0.5, 0.6) is 5.75 Å². The van der Waals surface area contributed by atoms with E-state index in [1.165, 1.54) is 0 Å². The second kappa shape index (κ2) is 7.19. The maximum atomic E-state index is 12.6. The summed E-state index contributed by atoms with van der Waals surface area (Å²) in [4.78, 5) is 14.5. The molecule has 2 aliphatic heterocycles. The first-order chi connectivity index (χ1) is 13.7. The summed E-state index contributed by atoms with van der Waals surface area (Å²) in [6.45, 7) is 8.80. The number of carbonyl (C=O) groups excluding carboxylic acids is 1. The fourth-order valence-corrected chi connectivity index (χ4v) is 3.78. The van der Waals surface area contributed by atoms with Gasteiger partial charge in [-0.1, -0.05) is 30.4 Å². The van der Waals surface area contributed by atoms with E-state index in [4.69, 9.17) is 14.0 Å². The van der Waals surface area contributed by atoms with Crippen molar-refractivity contribution in [3.8, 4) is 5.75 Å². The van der Waals surface area contributed by atoms with Gasteiger partial charge in [0.2, 0.25) is 5.91 Å². The number of amides is 1. The van der Waals surface area contributed by atoms with Gasteiger partial charge in [-0.15, -0.1) is 0 Å². The molecule has 3 aliphatic rings. The molecule has 0 atom stereocenters. The van der Waals surface area contributed by atoms with Crippen molar-refractivity contribution in [2.45, 2.75) is 58.3 Å². The number of allylic oxidation sites excluding steroid dienone is 3. The smallest absolute Gasteiger partial charge is 0.490 e. The van der Waals surface area contributed by atoms with Crippen molar-refractivity contribution in [1.82, 2.24) is 4.90 Å². The van der Waals surface area contributed by atoms with Crippen LogP contribution in [0.15, 0.2) is 59.2 Å². The van der Waals surface area contributed by atoms with Gasteiger partial charge in [0, 0.05) is 12.1 Å². The summed E-state index contributed by atoms with van der Waals surface area (Å²) in [7, 11) is 1.29. The van der Waals surface area contributed by atoms with E-state index in [2.05, 4.69) is 39.8 Å². The van der Waals surface area contributed by atoms with Gasteiger partial charge in [0.15, 0.2) is 0 Å². The van der Waals surface area contributed by atoms with E-state index in [0.717, 1.165) is 28.1 Å². The Morgan fingerprint density at radius 1 is 1.03 bits per heavy atom. The third kappa shape index (κ3) is 3.67. The Hall–Kier alpha value is -2.31. The third-order valence-electron chi connectivity index (χ3n) is 6.31. The highest BCUT2D eigenvalue weighted by Crippen LogP contribution is 2.41. The molecule has 0 radical (unpaired) electrons. The van der Waals surface area contributed by atoms with Crippen molar-refractivity contribution >= 4 is 13.0 Å². The highest BCUT2D eigenvalue weighted by atomic mass is 16.7. The average Bonchev–Trinajstić information content (AvgIpc) is 2.91. The lowest BCUT2D eigenvalue weighted by molar-refractivity contribution is -0.129. The van der Waals surface area contributed by atoms with Crippen molar-refractivity contribution in [2.75, 3.05) is 7.11 Å². The predicted octanol–water partition coefficient (Wildman–Crippen LogP) is 4.20. The van der Waals surface area contributed by atoms with E-state index in [9.17, 15) is 4.79 Å². The van der Waals surface area contributed by atoms with Gasteiger partial charge >= 0.3 is 7.12 Å². The fourth-order valence-electron chi connectivity index (χ4n) is 3.78. The first-order valence-electron chi connectivity index (χ1n) is 10.1. The van der Waals surface area contributed by atoms with Gasteiger partial charge in [0.1, 0.15) is 5.75 Å². The first-order valence-corrected chi connectivity index (χ1v) is 10.1. The summed E-state index contributed by atoms with van der Waals surface area (Å²) in [5, 5.41) is 0. The number of rotatable bonds is 4. The topological polar surface area (TPSA) is 48.0 Å². The van der Waals surface area contributed by atoms with E-state index < -0.39 is 0 Å². The van der Waals surface area contributed by atoms with Gasteiger partial charge in [-0.3, -0.25) is 4.79 Å². The van der Waals surface area contributed by atoms with Crippen LogP contribution >= 0.6 is 0 Å². The van der Waals surface area contributed by atoms with Crippen LogP contribution in [0.1, 0.15) is 46.1 Å². The van der Waals surface area contributed by atoms with Crippen LogP contribution in [0.3, 0.4) is 0 Å². The molecule has 1 saturated heterocycles. The summed E-state index contributed by atoms with van der Waals surface area (Å²) in [5.41, 5.74) is 3.48. The molecule has 2 heterocycles. The Morgan fingerprint density at radius 2 is 1.69 bits per heavy atom. The second-order valence-corrected chi connectivity index (χ2v) is 8.79. The average molecular weight is 393 g/mol. The van der Waals surface area contributed by atoms with Crippen LogP contribution in [0, 0.1) is 0 Å². The Bertz CT molecular complexity index is 895. The minimum Gasteiger partial charge on any atom is -0.497 e. The van der Waals surface area contributed by atoms with Crippen LogP contribution < -0.4 is 4.74 Å². The zero-order chi connectivity index (χ0) is 20.8. The van der Waals surface area contributed by atoms with Gasteiger partial charge < -0.3 is 18.9 Å². The minimum atomic E-state index is -0.361. The standard InChI is InChI=1S/C23H28BNO4/c1-22(2)23(3,4)29-24(28-22)18-9-12-20-17(14-18)8-13-21(26)25(20)15-16-6-10-19(27-5)11-7-16/h6-8,10-12,14H,9,13,15H2,1-5H3. The summed E-state index contributed by atoms with van der Waals surface area (Å²) in [6.07, 6.45) is 7.35. The molecule has 0 bridgehead atoms. The molecule has 6 heteroatoms. The summed E-state index contributed by atoms with van der Waals surface area (Å²) in [5.74, 6) is 0.925. The quantitative estimate of drug-likeness (QED) is 0.720. The molecule has 0 saturated carbocycles. The second-order valence-electron chi connectivity index (χ2n) is 8.79. The number of methoxy groups -OCH3 is 1. The number of hydrogen-bond donors (Lipinski definition) is 0. The molecule has 4 rings (SSSR count). The van der Waals surface area contributed by atoms with Crippen molar-refractivity contribution in [2.24, 2.45) is 0 Å². The zero-order valence-electron chi connectivity index (χ0n) is 17.8. The molecular weight excluding hydrogens is 365 g/mol. The van der Waals surface area contributed by atoms with E-state index in [1.54, 1.807) is 7.11 Å². The third-order valence-corrected chi connectivity index (χ3v) is 6.31. The largest absolute Gasteiger partial charge is 0.497 e. The van der Waals surface area contributed by atoms with Crippen LogP contribution in [-0.2, 0) is 20.6 Å². The molecule has 0 aromatic heterocycles. The Kier molecular flexibility index (Phi) is 4.95. The fraction of sp³-hybridized carbons (Fsp3) is 0.435. The number of hydrogen-bond acceptors (Lipinski definition) is 4. The molecule has 0 N–H and O–H groups in total. The van der Waals surface area contributed by atoms with E-state index in [-0.39, 0.29) is 24.2 Å². The molecule has 0 spiro atoms. The zero-order valence-corrected chi connectivity index (χ0v) is 17.8. The highest BCUT2D eigenvalue weighted by molar-refractivity contribution is 6.54. The molecule has 1 fully saturated rings. The van der Waals surface area contributed by atoms with Gasteiger partial charge in [-0.25, -0.2) is 0 Å². The number of fused-ring (bicyclic) bond motifs is 1. The monoisotopic (exact) mass is 393 g/mol. The van der Waals surface area contributed by atoms with Gasteiger partial charge in [-0.05, 0) is 62.9 Å². The van der Waals surface area contributed by atoms with Gasteiger partial charge in [0.05, 0.1) is 24.9 Å². The summed E-state index contributed by atoms with van der Waals surface area (Å²) >= 11 is 0. The predicted molar refractivity (Wildman–Crippen MR) is 113 cm³/mol. The van der Waals surface area contributed by atoms with E-state index >= 15 is 0 Å². The normalized spacial score (nSPS) is 22.7. The summed E-state index contributed by atoms with van der Waals surface area (Å²) in [6, 6.07) is 7.84. The van der Waals surface area contributed by atoms with Gasteiger partial charge in [-0.2, -0.15) is 0 Å². The molecular formula is C23H28BNO4. The number of benzene rings is 1. The Balaban J connectivity index is 1.53. The summed E-state index contributed by atoms with van der Waals surface area (Å²) < 4.78 is 17.6. The Labute approximate surface area is 173 Å². The van der Waals surface area contributed by atoms with E-state index in [0.29, 0.717) is 19.4 Å². The first kappa shape index (κ1) is 20.0.